The minimum Gasteiger partial charge on any atom is -0.433 e. The van der Waals surface area contributed by atoms with Gasteiger partial charge in [-0.15, -0.1) is 0 Å². The van der Waals surface area contributed by atoms with Crippen molar-refractivity contribution in [1.82, 2.24) is 9.97 Å². The van der Waals surface area contributed by atoms with Crippen molar-refractivity contribution in [2.75, 3.05) is 6.54 Å². The number of hydrogen-bond donors (Lipinski definition) is 1. The second kappa shape index (κ2) is 8.99. The summed E-state index contributed by atoms with van der Waals surface area (Å²) < 4.78 is 89.5. The lowest BCUT2D eigenvalue weighted by Crippen LogP contribution is -2.62. The Hall–Kier alpha value is -3.16. The Bertz CT molecular complexity index is 1390. The van der Waals surface area contributed by atoms with Gasteiger partial charge in [0.15, 0.2) is 5.78 Å². The third kappa shape index (κ3) is 4.66. The Morgan fingerprint density at radius 2 is 1.92 bits per heavy atom. The molecule has 2 aromatic heterocycles. The molecule has 14 heteroatoms. The number of carbonyl (C=O) groups excluding carboxylic acids is 1. The summed E-state index contributed by atoms with van der Waals surface area (Å²) in [4.78, 5) is 25.1. The van der Waals surface area contributed by atoms with Crippen molar-refractivity contribution in [3.05, 3.63) is 53.4 Å². The van der Waals surface area contributed by atoms with Gasteiger partial charge in [-0.25, -0.2) is 26.7 Å². The first-order valence-corrected chi connectivity index (χ1v) is 12.7. The van der Waals surface area contributed by atoms with E-state index in [2.05, 4.69) is 24.1 Å². The van der Waals surface area contributed by atoms with Gasteiger partial charge in [0.1, 0.15) is 45.6 Å². The molecule has 0 fully saturated rings. The fourth-order valence-electron chi connectivity index (χ4n) is 4.48. The maximum atomic E-state index is 15.1. The SMILES string of the molecule is CC1(C)C(N)=N[C@](C)(c2nc(CC(=O)c3ccc(OC(F)F)cn3)ccc2F)[C@H]2CC(F)(F)CN=[S@@]21=O. The summed E-state index contributed by atoms with van der Waals surface area (Å²) >= 11 is 0. The van der Waals surface area contributed by atoms with Crippen molar-refractivity contribution >= 4 is 21.3 Å². The number of alkyl halides is 4. The van der Waals surface area contributed by atoms with Crippen molar-refractivity contribution in [2.45, 2.75) is 61.7 Å². The van der Waals surface area contributed by atoms with E-state index in [1.807, 2.05) is 0 Å². The van der Waals surface area contributed by atoms with Crippen LogP contribution in [0.15, 0.2) is 39.8 Å². The van der Waals surface area contributed by atoms with Crippen molar-refractivity contribution in [1.29, 1.82) is 0 Å². The maximum absolute atomic E-state index is 15.1. The zero-order valence-electron chi connectivity index (χ0n) is 20.1. The lowest BCUT2D eigenvalue weighted by atomic mass is 9.87. The molecular formula is C23H24F5N5O3S. The van der Waals surface area contributed by atoms with Gasteiger partial charge in [0.2, 0.25) is 0 Å². The quantitative estimate of drug-likeness (QED) is 0.435. The molecule has 4 heterocycles. The van der Waals surface area contributed by atoms with Crippen LogP contribution in [0.4, 0.5) is 22.0 Å². The first-order valence-electron chi connectivity index (χ1n) is 11.1. The minimum atomic E-state index is -3.45. The first kappa shape index (κ1) is 26.9. The fourth-order valence-corrected chi connectivity index (χ4v) is 7.67. The highest BCUT2D eigenvalue weighted by atomic mass is 32.2. The second-order valence-electron chi connectivity index (χ2n) is 9.55. The Morgan fingerprint density at radius 3 is 2.54 bits per heavy atom. The molecule has 0 amide bonds. The summed E-state index contributed by atoms with van der Waals surface area (Å²) in [5.74, 6) is -5.15. The first-order chi connectivity index (χ1) is 17.1. The number of nitrogens with zero attached hydrogens (tertiary/aromatic N) is 4. The van der Waals surface area contributed by atoms with Crippen molar-refractivity contribution in [3.63, 3.8) is 0 Å². The van der Waals surface area contributed by atoms with Crippen LogP contribution in [0.5, 0.6) is 5.75 Å². The molecule has 37 heavy (non-hydrogen) atoms. The highest BCUT2D eigenvalue weighted by Crippen LogP contribution is 2.49. The zero-order chi connectivity index (χ0) is 27.4. The number of Topliss-reactive ketones (excluding diaryl/α,β-unsaturated/α-hetero) is 1. The molecule has 2 aliphatic heterocycles. The largest absolute Gasteiger partial charge is 0.433 e. The van der Waals surface area contributed by atoms with Crippen LogP contribution in [0, 0.1) is 5.82 Å². The molecule has 2 N–H and O–H groups in total. The molecule has 0 unspecified atom stereocenters. The molecule has 0 radical (unpaired) electrons. The van der Waals surface area contributed by atoms with E-state index >= 15 is 4.39 Å². The summed E-state index contributed by atoms with van der Waals surface area (Å²) in [6.45, 7) is 0.318. The number of fused-ring (bicyclic) bond motifs is 1. The number of pyridine rings is 2. The van der Waals surface area contributed by atoms with Crippen LogP contribution in [0.2, 0.25) is 0 Å². The molecule has 0 saturated carbocycles. The predicted octanol–water partition coefficient (Wildman–Crippen LogP) is 3.88. The molecule has 0 aromatic carbocycles. The number of amidine groups is 1. The molecule has 3 atom stereocenters. The van der Waals surface area contributed by atoms with E-state index in [-0.39, 0.29) is 29.4 Å². The highest BCUT2D eigenvalue weighted by Gasteiger charge is 2.60. The molecule has 0 saturated heterocycles. The number of ether oxygens (including phenoxy) is 1. The van der Waals surface area contributed by atoms with Crippen LogP contribution in [0.3, 0.4) is 0 Å². The molecule has 2 aromatic rings. The van der Waals surface area contributed by atoms with E-state index < -0.39 is 68.1 Å². The van der Waals surface area contributed by atoms with Crippen molar-refractivity contribution < 1.29 is 35.7 Å². The van der Waals surface area contributed by atoms with Gasteiger partial charge in [-0.1, -0.05) is 0 Å². The van der Waals surface area contributed by atoms with Crippen molar-refractivity contribution in [2.24, 2.45) is 15.1 Å². The third-order valence-corrected chi connectivity index (χ3v) is 10.2. The topological polar surface area (TPSA) is 120 Å². The van der Waals surface area contributed by atoms with E-state index in [0.717, 1.165) is 18.3 Å². The second-order valence-corrected chi connectivity index (χ2v) is 12.5. The van der Waals surface area contributed by atoms with Gasteiger partial charge in [0.05, 0.1) is 27.6 Å². The molecule has 0 aliphatic carbocycles. The number of ketones is 1. The average molecular weight is 546 g/mol. The average Bonchev–Trinajstić information content (AvgIpc) is 2.81. The molecular weight excluding hydrogens is 521 g/mol. The van der Waals surface area contributed by atoms with Crippen LogP contribution < -0.4 is 10.5 Å². The monoisotopic (exact) mass is 545 g/mol. The smallest absolute Gasteiger partial charge is 0.387 e. The number of rotatable bonds is 6. The lowest BCUT2D eigenvalue weighted by Gasteiger charge is -2.48. The number of aliphatic imine (C=N–C) groups is 1. The fraction of sp³-hybridized carbons (Fsp3) is 0.478. The molecule has 4 rings (SSSR count). The van der Waals surface area contributed by atoms with Crippen LogP contribution in [0.25, 0.3) is 0 Å². The summed E-state index contributed by atoms with van der Waals surface area (Å²) in [6.07, 6.45) is -0.293. The predicted molar refractivity (Wildman–Crippen MR) is 125 cm³/mol. The van der Waals surface area contributed by atoms with Crippen LogP contribution in [-0.2, 0) is 21.7 Å². The van der Waals surface area contributed by atoms with Gasteiger partial charge in [-0.3, -0.25) is 14.8 Å². The summed E-state index contributed by atoms with van der Waals surface area (Å²) in [7, 11) is -3.45. The van der Waals surface area contributed by atoms with Gasteiger partial charge in [0.25, 0.3) is 5.92 Å². The molecule has 0 bridgehead atoms. The third-order valence-electron chi connectivity index (χ3n) is 6.66. The Morgan fingerprint density at radius 1 is 1.22 bits per heavy atom. The molecule has 2 aliphatic rings. The molecule has 8 nitrogen and oxygen atoms in total. The van der Waals surface area contributed by atoms with E-state index in [0.29, 0.717) is 0 Å². The van der Waals surface area contributed by atoms with Crippen LogP contribution >= 0.6 is 0 Å². The van der Waals surface area contributed by atoms with Gasteiger partial charge >= 0.3 is 6.61 Å². The molecule has 0 spiro atoms. The van der Waals surface area contributed by atoms with Gasteiger partial charge < -0.3 is 10.5 Å². The van der Waals surface area contributed by atoms with E-state index in [9.17, 15) is 26.6 Å². The van der Waals surface area contributed by atoms with Crippen LogP contribution in [0.1, 0.15) is 49.1 Å². The Kier molecular flexibility index (Phi) is 6.54. The number of halogens is 5. The summed E-state index contributed by atoms with van der Waals surface area (Å²) in [5, 5.41) is -1.41. The maximum Gasteiger partial charge on any atom is 0.387 e. The number of hydrogen-bond acceptors (Lipinski definition) is 8. The number of aromatic nitrogens is 2. The van der Waals surface area contributed by atoms with Gasteiger partial charge in [-0.2, -0.15) is 8.78 Å². The van der Waals surface area contributed by atoms with Crippen molar-refractivity contribution in [3.8, 4) is 5.75 Å². The number of nitrogens with two attached hydrogens (primary N) is 1. The standard InChI is InChI=1S/C23H24F5N5O3S/c1-21(2)19(29)33-22(3,17-9-23(27,28)11-31-37(17,21)35)18-14(24)6-4-12(32-18)8-16(34)15-7-5-13(10-30-15)36-20(25)26/h4-7,10,17,20H,8-9,11H2,1-3H3,(H2,29,33)/t17-,22+,37-/m1/s1. The van der Waals surface area contributed by atoms with E-state index in [1.165, 1.54) is 32.9 Å². The summed E-state index contributed by atoms with van der Waals surface area (Å²) in [5.41, 5.74) is 3.84. The Labute approximate surface area is 209 Å². The summed E-state index contributed by atoms with van der Waals surface area (Å²) in [6, 6.07) is 4.56. The van der Waals surface area contributed by atoms with E-state index in [4.69, 9.17) is 5.73 Å². The number of carbonyl (C=O) groups is 1. The lowest BCUT2D eigenvalue weighted by molar-refractivity contribution is -0.0500. The zero-order valence-corrected chi connectivity index (χ0v) is 20.9. The van der Waals surface area contributed by atoms with Gasteiger partial charge in [0, 0.05) is 12.1 Å². The molecule has 200 valence electrons. The minimum absolute atomic E-state index is 0.0574. The highest BCUT2D eigenvalue weighted by molar-refractivity contribution is 7.96. The van der Waals surface area contributed by atoms with Gasteiger partial charge in [-0.05, 0) is 45.0 Å². The van der Waals surface area contributed by atoms with E-state index in [1.54, 1.807) is 0 Å². The normalized spacial score (nSPS) is 28.1. The Balaban J connectivity index is 1.72. The van der Waals surface area contributed by atoms with Crippen LogP contribution in [-0.4, -0.2) is 54.9 Å².